The lowest BCUT2D eigenvalue weighted by Crippen LogP contribution is -2.37. The monoisotopic (exact) mass is 364 g/mol. The van der Waals surface area contributed by atoms with Gasteiger partial charge in [0.1, 0.15) is 0 Å². The van der Waals surface area contributed by atoms with E-state index in [0.29, 0.717) is 12.1 Å². The summed E-state index contributed by atoms with van der Waals surface area (Å²) in [6.07, 6.45) is 0.804. The summed E-state index contributed by atoms with van der Waals surface area (Å²) in [5.74, 6) is -0.436. The van der Waals surface area contributed by atoms with Gasteiger partial charge in [-0.2, -0.15) is 0 Å². The SMILES string of the molecule is O=C(CNC(=O)c1ccc(-c2ccccc2)cc1)NCCc1cccs1. The van der Waals surface area contributed by atoms with Crippen LogP contribution in [0.3, 0.4) is 0 Å². The molecule has 0 aliphatic carbocycles. The normalized spacial score (nSPS) is 10.3. The van der Waals surface area contributed by atoms with Gasteiger partial charge in [-0.3, -0.25) is 9.59 Å². The van der Waals surface area contributed by atoms with Crippen molar-refractivity contribution in [3.05, 3.63) is 82.6 Å². The molecule has 2 N–H and O–H groups in total. The summed E-state index contributed by atoms with van der Waals surface area (Å²) >= 11 is 1.67. The highest BCUT2D eigenvalue weighted by atomic mass is 32.1. The first-order valence-electron chi connectivity index (χ1n) is 8.45. The van der Waals surface area contributed by atoms with Crippen LogP contribution in [0.2, 0.25) is 0 Å². The van der Waals surface area contributed by atoms with Gasteiger partial charge in [0, 0.05) is 17.0 Å². The molecule has 0 saturated heterocycles. The zero-order chi connectivity index (χ0) is 18.2. The number of hydrogen-bond acceptors (Lipinski definition) is 3. The lowest BCUT2D eigenvalue weighted by molar-refractivity contribution is -0.120. The van der Waals surface area contributed by atoms with Gasteiger partial charge in [-0.15, -0.1) is 11.3 Å². The molecule has 0 saturated carbocycles. The number of thiophene rings is 1. The third-order valence-corrected chi connectivity index (χ3v) is 4.87. The van der Waals surface area contributed by atoms with E-state index < -0.39 is 0 Å². The van der Waals surface area contributed by atoms with Gasteiger partial charge in [0.2, 0.25) is 5.91 Å². The standard InChI is InChI=1S/C21H20N2O2S/c24-20(22-13-12-19-7-4-14-26-19)15-23-21(25)18-10-8-17(9-11-18)16-5-2-1-3-6-16/h1-11,14H,12-13,15H2,(H,22,24)(H,23,25). The number of rotatable bonds is 7. The Bertz CT molecular complexity index is 843. The topological polar surface area (TPSA) is 58.2 Å². The van der Waals surface area contributed by atoms with Crippen LogP contribution in [0.15, 0.2) is 72.1 Å². The first kappa shape index (κ1) is 17.9. The number of nitrogens with one attached hydrogen (secondary N) is 2. The molecule has 0 spiro atoms. The molecule has 132 valence electrons. The van der Waals surface area contributed by atoms with Crippen LogP contribution < -0.4 is 10.6 Å². The van der Waals surface area contributed by atoms with E-state index >= 15 is 0 Å². The molecule has 1 aromatic heterocycles. The van der Waals surface area contributed by atoms with Crippen LogP contribution >= 0.6 is 11.3 Å². The minimum Gasteiger partial charge on any atom is -0.354 e. The van der Waals surface area contributed by atoms with E-state index in [1.807, 2.05) is 60.0 Å². The average Bonchev–Trinajstić information content (AvgIpc) is 3.20. The van der Waals surface area contributed by atoms with Crippen LogP contribution in [0.5, 0.6) is 0 Å². The Morgan fingerprint density at radius 1 is 0.808 bits per heavy atom. The van der Waals surface area contributed by atoms with Crippen LogP contribution in [0, 0.1) is 0 Å². The second-order valence-electron chi connectivity index (χ2n) is 5.81. The van der Waals surface area contributed by atoms with Crippen molar-refractivity contribution in [2.45, 2.75) is 6.42 Å². The lowest BCUT2D eigenvalue weighted by atomic mass is 10.0. The second-order valence-corrected chi connectivity index (χ2v) is 6.84. The lowest BCUT2D eigenvalue weighted by Gasteiger charge is -2.07. The molecule has 0 fully saturated rings. The molecule has 5 heteroatoms. The Labute approximate surface area is 156 Å². The summed E-state index contributed by atoms with van der Waals surface area (Å²) in [6.45, 7) is 0.546. The zero-order valence-electron chi connectivity index (χ0n) is 14.3. The minimum atomic E-state index is -0.252. The molecule has 1 heterocycles. The molecule has 0 aliphatic rings. The molecular formula is C21H20N2O2S. The van der Waals surface area contributed by atoms with Gasteiger partial charge in [0.15, 0.2) is 0 Å². The van der Waals surface area contributed by atoms with E-state index in [1.54, 1.807) is 23.5 Å². The summed E-state index contributed by atoms with van der Waals surface area (Å²) in [5, 5.41) is 7.48. The highest BCUT2D eigenvalue weighted by molar-refractivity contribution is 7.09. The van der Waals surface area contributed by atoms with Crippen molar-refractivity contribution in [2.24, 2.45) is 0 Å². The fourth-order valence-electron chi connectivity index (χ4n) is 2.55. The maximum atomic E-state index is 12.2. The van der Waals surface area contributed by atoms with Crippen LogP contribution in [0.4, 0.5) is 0 Å². The third-order valence-electron chi connectivity index (χ3n) is 3.94. The Kier molecular flexibility index (Phi) is 6.17. The molecule has 2 amide bonds. The fourth-order valence-corrected chi connectivity index (χ4v) is 3.26. The number of amides is 2. The average molecular weight is 364 g/mol. The predicted octanol–water partition coefficient (Wildman–Crippen LogP) is 3.50. The Balaban J connectivity index is 1.45. The zero-order valence-corrected chi connectivity index (χ0v) is 15.1. The van der Waals surface area contributed by atoms with E-state index in [9.17, 15) is 9.59 Å². The molecule has 3 aromatic rings. The molecule has 0 atom stereocenters. The van der Waals surface area contributed by atoms with Crippen molar-refractivity contribution in [1.29, 1.82) is 0 Å². The highest BCUT2D eigenvalue weighted by Crippen LogP contribution is 2.19. The summed E-state index contributed by atoms with van der Waals surface area (Å²) in [5.41, 5.74) is 2.69. The van der Waals surface area contributed by atoms with Gasteiger partial charge in [-0.1, -0.05) is 48.5 Å². The van der Waals surface area contributed by atoms with Gasteiger partial charge < -0.3 is 10.6 Å². The van der Waals surface area contributed by atoms with Crippen LogP contribution in [0.25, 0.3) is 11.1 Å². The van der Waals surface area contributed by atoms with E-state index in [1.165, 1.54) is 4.88 Å². The Hall–Kier alpha value is -2.92. The first-order valence-corrected chi connectivity index (χ1v) is 9.33. The van der Waals surface area contributed by atoms with Crippen molar-refractivity contribution in [3.8, 4) is 11.1 Å². The van der Waals surface area contributed by atoms with Crippen molar-refractivity contribution in [1.82, 2.24) is 10.6 Å². The summed E-state index contributed by atoms with van der Waals surface area (Å²) in [4.78, 5) is 25.2. The quantitative estimate of drug-likeness (QED) is 0.674. The van der Waals surface area contributed by atoms with Gasteiger partial charge in [0.05, 0.1) is 6.54 Å². The highest BCUT2D eigenvalue weighted by Gasteiger charge is 2.08. The molecule has 0 radical (unpaired) electrons. The molecule has 26 heavy (non-hydrogen) atoms. The molecule has 2 aromatic carbocycles. The fraction of sp³-hybridized carbons (Fsp3) is 0.143. The molecule has 4 nitrogen and oxygen atoms in total. The number of carbonyl (C=O) groups excluding carboxylic acids is 2. The van der Waals surface area contributed by atoms with E-state index in [4.69, 9.17) is 0 Å². The Morgan fingerprint density at radius 2 is 1.54 bits per heavy atom. The van der Waals surface area contributed by atoms with Crippen molar-refractivity contribution >= 4 is 23.2 Å². The molecular weight excluding hydrogens is 344 g/mol. The minimum absolute atomic E-state index is 0.0241. The van der Waals surface area contributed by atoms with Crippen molar-refractivity contribution in [2.75, 3.05) is 13.1 Å². The van der Waals surface area contributed by atoms with Gasteiger partial charge in [-0.05, 0) is 41.1 Å². The van der Waals surface area contributed by atoms with Gasteiger partial charge >= 0.3 is 0 Å². The predicted molar refractivity (Wildman–Crippen MR) is 105 cm³/mol. The van der Waals surface area contributed by atoms with Gasteiger partial charge in [-0.25, -0.2) is 0 Å². The van der Waals surface area contributed by atoms with Crippen LogP contribution in [-0.4, -0.2) is 24.9 Å². The van der Waals surface area contributed by atoms with Crippen LogP contribution in [-0.2, 0) is 11.2 Å². The Morgan fingerprint density at radius 3 is 2.23 bits per heavy atom. The summed E-state index contributed by atoms with van der Waals surface area (Å²) in [7, 11) is 0. The smallest absolute Gasteiger partial charge is 0.251 e. The molecule has 0 aliphatic heterocycles. The summed E-state index contributed by atoms with van der Waals surface area (Å²) < 4.78 is 0. The molecule has 0 unspecified atom stereocenters. The molecule has 0 bridgehead atoms. The van der Waals surface area contributed by atoms with E-state index in [2.05, 4.69) is 10.6 Å². The largest absolute Gasteiger partial charge is 0.354 e. The van der Waals surface area contributed by atoms with Gasteiger partial charge in [0.25, 0.3) is 5.91 Å². The van der Waals surface area contributed by atoms with Crippen molar-refractivity contribution in [3.63, 3.8) is 0 Å². The first-order chi connectivity index (χ1) is 12.7. The van der Waals surface area contributed by atoms with E-state index in [0.717, 1.165) is 17.5 Å². The maximum Gasteiger partial charge on any atom is 0.251 e. The van der Waals surface area contributed by atoms with Crippen LogP contribution in [0.1, 0.15) is 15.2 Å². The number of carbonyl (C=O) groups is 2. The maximum absolute atomic E-state index is 12.2. The number of hydrogen-bond donors (Lipinski definition) is 2. The molecule has 3 rings (SSSR count). The number of benzene rings is 2. The summed E-state index contributed by atoms with van der Waals surface area (Å²) in [6, 6.07) is 21.4. The van der Waals surface area contributed by atoms with E-state index in [-0.39, 0.29) is 18.4 Å². The van der Waals surface area contributed by atoms with Crippen molar-refractivity contribution < 1.29 is 9.59 Å². The second kappa shape index (κ2) is 8.97. The third kappa shape index (κ3) is 5.04.